The fraction of sp³-hybridized carbons (Fsp3) is 0.300. The normalized spacial score (nSPS) is 16.2. The third-order valence-electron chi connectivity index (χ3n) is 4.49. The van der Waals surface area contributed by atoms with Gasteiger partial charge in [-0.1, -0.05) is 12.1 Å². The average Bonchev–Trinajstić information content (AvgIpc) is 2.86. The molecule has 0 fully saturated rings. The van der Waals surface area contributed by atoms with E-state index in [2.05, 4.69) is 10.1 Å². The number of sulfonamides is 1. The lowest BCUT2D eigenvalue weighted by molar-refractivity contribution is -0.122. The summed E-state index contributed by atoms with van der Waals surface area (Å²) < 4.78 is 36.3. The summed E-state index contributed by atoms with van der Waals surface area (Å²) in [7, 11) is -2.26. The number of carbonyl (C=O) groups excluding carboxylic acids is 2. The molecule has 1 N–H and O–H groups in total. The molecule has 0 saturated carbocycles. The summed E-state index contributed by atoms with van der Waals surface area (Å²) >= 11 is 0. The predicted molar refractivity (Wildman–Crippen MR) is 109 cm³/mol. The van der Waals surface area contributed by atoms with E-state index in [1.807, 2.05) is 6.92 Å². The fourth-order valence-electron chi connectivity index (χ4n) is 3.08. The van der Waals surface area contributed by atoms with E-state index >= 15 is 0 Å². The molecule has 1 aliphatic rings. The molecule has 0 aromatic heterocycles. The lowest BCUT2D eigenvalue weighted by Crippen LogP contribution is -2.36. The molecule has 1 amide bonds. The number of aryl methyl sites for hydroxylation is 1. The van der Waals surface area contributed by atoms with E-state index in [1.165, 1.54) is 17.5 Å². The van der Waals surface area contributed by atoms with Gasteiger partial charge in [0.2, 0.25) is 10.0 Å². The van der Waals surface area contributed by atoms with E-state index in [9.17, 15) is 18.0 Å². The molecular formula is C20H22N2O6S. The van der Waals surface area contributed by atoms with Gasteiger partial charge in [0.25, 0.3) is 5.91 Å². The molecule has 0 saturated heterocycles. The number of ether oxygens (including phenoxy) is 2. The minimum Gasteiger partial charge on any atom is -0.478 e. The molecule has 0 bridgehead atoms. The number of hydrogen-bond acceptors (Lipinski definition) is 6. The van der Waals surface area contributed by atoms with Crippen molar-refractivity contribution in [3.63, 3.8) is 0 Å². The number of nitrogens with one attached hydrogen (secondary N) is 1. The number of carbonyl (C=O) groups is 2. The van der Waals surface area contributed by atoms with Crippen LogP contribution in [0.1, 0.15) is 22.3 Å². The predicted octanol–water partition coefficient (Wildman–Crippen LogP) is 2.34. The van der Waals surface area contributed by atoms with Crippen LogP contribution < -0.4 is 14.4 Å². The molecule has 1 heterocycles. The number of benzene rings is 2. The molecular weight excluding hydrogens is 396 g/mol. The largest absolute Gasteiger partial charge is 0.478 e. The van der Waals surface area contributed by atoms with Crippen LogP contribution in [-0.4, -0.2) is 46.3 Å². The second-order valence-corrected chi connectivity index (χ2v) is 8.67. The van der Waals surface area contributed by atoms with E-state index in [1.54, 1.807) is 36.4 Å². The van der Waals surface area contributed by atoms with Crippen LogP contribution in [0.25, 0.3) is 0 Å². The summed E-state index contributed by atoms with van der Waals surface area (Å²) in [6, 6.07) is 11.5. The third-order valence-corrected chi connectivity index (χ3v) is 5.67. The first-order valence-corrected chi connectivity index (χ1v) is 10.8. The molecule has 3 rings (SSSR count). The van der Waals surface area contributed by atoms with Crippen LogP contribution in [0.5, 0.6) is 5.75 Å². The molecule has 154 valence electrons. The van der Waals surface area contributed by atoms with Crippen molar-refractivity contribution in [2.75, 3.05) is 29.5 Å². The first-order valence-electron chi connectivity index (χ1n) is 8.93. The summed E-state index contributed by atoms with van der Waals surface area (Å²) in [5.74, 6) is -0.629. The molecule has 0 unspecified atom stereocenters. The minimum atomic E-state index is -3.54. The number of rotatable bonds is 4. The van der Waals surface area contributed by atoms with E-state index < -0.39 is 28.0 Å². The Hall–Kier alpha value is -3.07. The van der Waals surface area contributed by atoms with Gasteiger partial charge >= 0.3 is 5.97 Å². The standard InChI is InChI=1S/C20H22N2O6S/c1-13-7-8-17-16(11-13)22(29(3,25)26)10-9-18(28-17)19(23)21-15-6-4-5-14(12-15)20(24)27-2/h4-8,11-12,18H,9-10H2,1-3H3,(H,21,23)/t18-/m1/s1. The molecule has 2 aromatic carbocycles. The Labute approximate surface area is 169 Å². The van der Waals surface area contributed by atoms with Crippen molar-refractivity contribution in [3.8, 4) is 5.75 Å². The topological polar surface area (TPSA) is 102 Å². The molecule has 1 aliphatic heterocycles. The van der Waals surface area contributed by atoms with Gasteiger partial charge in [-0.25, -0.2) is 13.2 Å². The number of hydrogen-bond donors (Lipinski definition) is 1. The zero-order valence-electron chi connectivity index (χ0n) is 16.3. The van der Waals surface area contributed by atoms with Gasteiger partial charge in [0.05, 0.1) is 24.6 Å². The number of methoxy groups -OCH3 is 1. The van der Waals surface area contributed by atoms with E-state index in [0.717, 1.165) is 11.8 Å². The summed E-state index contributed by atoms with van der Waals surface area (Å²) in [6.45, 7) is 1.96. The number of esters is 1. The highest BCUT2D eigenvalue weighted by Crippen LogP contribution is 2.35. The summed E-state index contributed by atoms with van der Waals surface area (Å²) in [6.07, 6.45) is 0.395. The second-order valence-electron chi connectivity index (χ2n) is 6.76. The molecule has 0 radical (unpaired) electrons. The highest BCUT2D eigenvalue weighted by atomic mass is 32.2. The molecule has 9 heteroatoms. The van der Waals surface area contributed by atoms with Crippen LogP contribution in [-0.2, 0) is 19.6 Å². The van der Waals surface area contributed by atoms with Crippen LogP contribution in [0.2, 0.25) is 0 Å². The molecule has 0 aliphatic carbocycles. The SMILES string of the molecule is COC(=O)c1cccc(NC(=O)[C@H]2CCN(S(C)(=O)=O)c3cc(C)ccc3O2)c1. The Balaban J connectivity index is 1.84. The Morgan fingerprint density at radius 1 is 1.21 bits per heavy atom. The Kier molecular flexibility index (Phi) is 5.78. The maximum absolute atomic E-state index is 12.8. The van der Waals surface area contributed by atoms with Gasteiger partial charge in [0, 0.05) is 18.7 Å². The fourth-order valence-corrected chi connectivity index (χ4v) is 4.02. The van der Waals surface area contributed by atoms with Crippen LogP contribution in [0.4, 0.5) is 11.4 Å². The second kappa shape index (κ2) is 8.12. The van der Waals surface area contributed by atoms with Crippen LogP contribution in [0.3, 0.4) is 0 Å². The lowest BCUT2D eigenvalue weighted by Gasteiger charge is -2.21. The average molecular weight is 418 g/mol. The van der Waals surface area contributed by atoms with Crippen molar-refractivity contribution >= 4 is 33.3 Å². The van der Waals surface area contributed by atoms with E-state index in [0.29, 0.717) is 22.7 Å². The first-order chi connectivity index (χ1) is 13.7. The smallest absolute Gasteiger partial charge is 0.337 e. The van der Waals surface area contributed by atoms with Crippen molar-refractivity contribution in [2.45, 2.75) is 19.4 Å². The molecule has 1 atom stereocenters. The van der Waals surface area contributed by atoms with E-state index in [4.69, 9.17) is 4.74 Å². The van der Waals surface area contributed by atoms with E-state index in [-0.39, 0.29) is 13.0 Å². The number of fused-ring (bicyclic) bond motifs is 1. The molecule has 29 heavy (non-hydrogen) atoms. The Morgan fingerprint density at radius 3 is 2.66 bits per heavy atom. The van der Waals surface area contributed by atoms with Gasteiger partial charge in [0.15, 0.2) is 6.10 Å². The summed E-state index contributed by atoms with van der Waals surface area (Å²) in [5, 5.41) is 2.71. The van der Waals surface area contributed by atoms with Crippen LogP contribution in [0.15, 0.2) is 42.5 Å². The number of amides is 1. The van der Waals surface area contributed by atoms with Gasteiger partial charge in [-0.05, 0) is 42.8 Å². The van der Waals surface area contributed by atoms with Gasteiger partial charge in [-0.3, -0.25) is 9.10 Å². The highest BCUT2D eigenvalue weighted by Gasteiger charge is 2.31. The van der Waals surface area contributed by atoms with Crippen molar-refractivity contribution in [1.82, 2.24) is 0 Å². The third kappa shape index (κ3) is 4.68. The number of anilines is 2. The van der Waals surface area contributed by atoms with Crippen molar-refractivity contribution in [2.24, 2.45) is 0 Å². The van der Waals surface area contributed by atoms with Gasteiger partial charge in [0.1, 0.15) is 5.75 Å². The van der Waals surface area contributed by atoms with Crippen LogP contribution >= 0.6 is 0 Å². The first kappa shape index (κ1) is 20.7. The minimum absolute atomic E-state index is 0.107. The maximum Gasteiger partial charge on any atom is 0.337 e. The Morgan fingerprint density at radius 2 is 1.97 bits per heavy atom. The van der Waals surface area contributed by atoms with Gasteiger partial charge < -0.3 is 14.8 Å². The molecule has 0 spiro atoms. The van der Waals surface area contributed by atoms with Crippen molar-refractivity contribution in [1.29, 1.82) is 0 Å². The maximum atomic E-state index is 12.8. The quantitative estimate of drug-likeness (QED) is 0.765. The zero-order chi connectivity index (χ0) is 21.2. The van der Waals surface area contributed by atoms with Gasteiger partial charge in [-0.2, -0.15) is 0 Å². The van der Waals surface area contributed by atoms with Crippen LogP contribution in [0, 0.1) is 6.92 Å². The van der Waals surface area contributed by atoms with Gasteiger partial charge in [-0.15, -0.1) is 0 Å². The summed E-state index contributed by atoms with van der Waals surface area (Å²) in [4.78, 5) is 24.5. The van der Waals surface area contributed by atoms with Crippen molar-refractivity contribution in [3.05, 3.63) is 53.6 Å². The zero-order valence-corrected chi connectivity index (χ0v) is 17.2. The number of nitrogens with zero attached hydrogens (tertiary/aromatic N) is 1. The Bertz CT molecular complexity index is 1050. The lowest BCUT2D eigenvalue weighted by atomic mass is 10.2. The van der Waals surface area contributed by atoms with Crippen molar-refractivity contribution < 1.29 is 27.5 Å². The molecule has 2 aromatic rings. The summed E-state index contributed by atoms with van der Waals surface area (Å²) in [5.41, 5.74) is 2.00. The molecule has 8 nitrogen and oxygen atoms in total. The highest BCUT2D eigenvalue weighted by molar-refractivity contribution is 7.92. The monoisotopic (exact) mass is 418 g/mol.